The maximum Gasteiger partial charge on any atom is 0.154 e. The highest BCUT2D eigenvalue weighted by atomic mass is 16.3. The summed E-state index contributed by atoms with van der Waals surface area (Å²) in [5.74, 6) is 2.07. The van der Waals surface area contributed by atoms with E-state index in [-0.39, 0.29) is 0 Å². The van der Waals surface area contributed by atoms with Crippen LogP contribution in [0.5, 0.6) is 0 Å². The molecule has 5 heteroatoms. The smallest absolute Gasteiger partial charge is 0.154 e. The summed E-state index contributed by atoms with van der Waals surface area (Å²) in [6.45, 7) is 5.74. The average Bonchev–Trinajstić information content (AvgIpc) is 3.25. The van der Waals surface area contributed by atoms with Crippen molar-refractivity contribution >= 4 is 11.3 Å². The topological polar surface area (TPSA) is 53.7 Å². The van der Waals surface area contributed by atoms with Crippen LogP contribution in [-0.4, -0.2) is 38.4 Å². The Morgan fingerprint density at radius 2 is 1.91 bits per heavy atom. The number of hydrogen-bond donors (Lipinski definition) is 1. The number of piperidine rings is 1. The van der Waals surface area contributed by atoms with E-state index in [1.54, 1.807) is 0 Å². The van der Waals surface area contributed by atoms with Gasteiger partial charge in [-0.25, -0.2) is 9.50 Å². The molecule has 1 saturated heterocycles. The molecule has 3 heterocycles. The van der Waals surface area contributed by atoms with Crippen LogP contribution in [0.4, 0.5) is 5.82 Å². The van der Waals surface area contributed by atoms with Crippen LogP contribution in [0.25, 0.3) is 5.52 Å². The summed E-state index contributed by atoms with van der Waals surface area (Å²) in [4.78, 5) is 6.96. The van der Waals surface area contributed by atoms with Gasteiger partial charge in [0, 0.05) is 31.4 Å². The van der Waals surface area contributed by atoms with Gasteiger partial charge in [0.05, 0.1) is 11.3 Å². The van der Waals surface area contributed by atoms with E-state index in [9.17, 15) is 5.11 Å². The van der Waals surface area contributed by atoms with Gasteiger partial charge in [0.15, 0.2) is 5.82 Å². The van der Waals surface area contributed by atoms with Gasteiger partial charge in [-0.1, -0.05) is 0 Å². The maximum absolute atomic E-state index is 10.2. The summed E-state index contributed by atoms with van der Waals surface area (Å²) in [5.41, 5.74) is 1.74. The highest BCUT2D eigenvalue weighted by molar-refractivity contribution is 5.69. The molecule has 0 amide bonds. The summed E-state index contributed by atoms with van der Waals surface area (Å²) < 4.78 is 1.97. The van der Waals surface area contributed by atoms with Crippen LogP contribution in [0.3, 0.4) is 0 Å². The second-order valence-corrected chi connectivity index (χ2v) is 7.34. The lowest BCUT2D eigenvalue weighted by atomic mass is 9.83. The molecule has 0 bridgehead atoms. The normalized spacial score (nSPS) is 20.8. The molecule has 1 saturated carbocycles. The van der Waals surface area contributed by atoms with Crippen molar-refractivity contribution in [2.75, 3.05) is 18.0 Å². The number of nitrogens with zero attached hydrogens (tertiary/aromatic N) is 4. The van der Waals surface area contributed by atoms with E-state index in [0.29, 0.717) is 11.8 Å². The SMILES string of the molecule is CC(C)(O)C1CCN(c2nccn3nc(C4CC4)cc23)CC1. The van der Waals surface area contributed by atoms with E-state index < -0.39 is 5.60 Å². The number of aromatic nitrogens is 3. The molecule has 4 rings (SSSR count). The Labute approximate surface area is 131 Å². The van der Waals surface area contributed by atoms with Crippen LogP contribution in [0, 0.1) is 5.92 Å². The molecule has 0 atom stereocenters. The lowest BCUT2D eigenvalue weighted by molar-refractivity contribution is 0.00648. The molecule has 2 aliphatic rings. The molecule has 0 radical (unpaired) electrons. The molecule has 0 aromatic carbocycles. The van der Waals surface area contributed by atoms with Crippen molar-refractivity contribution in [1.29, 1.82) is 0 Å². The standard InChI is InChI=1S/C17H24N4O/c1-17(2,22)13-5-8-20(9-6-13)16-15-11-14(12-3-4-12)19-21(15)10-7-18-16/h7,10-13,22H,3-6,8-9H2,1-2H3. The average molecular weight is 300 g/mol. The molecule has 22 heavy (non-hydrogen) atoms. The van der Waals surface area contributed by atoms with Crippen LogP contribution in [0.1, 0.15) is 51.1 Å². The van der Waals surface area contributed by atoms with Gasteiger partial charge in [0.2, 0.25) is 0 Å². The van der Waals surface area contributed by atoms with Crippen molar-refractivity contribution in [3.63, 3.8) is 0 Å². The third-order valence-electron chi connectivity index (χ3n) is 5.18. The number of rotatable bonds is 3. The zero-order chi connectivity index (χ0) is 15.3. The molecule has 118 valence electrons. The molecular formula is C17H24N4O. The fourth-order valence-electron chi connectivity index (χ4n) is 3.55. The summed E-state index contributed by atoms with van der Waals surface area (Å²) in [6, 6.07) is 2.21. The van der Waals surface area contributed by atoms with Crippen molar-refractivity contribution < 1.29 is 5.11 Å². The largest absolute Gasteiger partial charge is 0.390 e. The molecular weight excluding hydrogens is 276 g/mol. The Kier molecular flexibility index (Phi) is 3.15. The van der Waals surface area contributed by atoms with Crippen molar-refractivity contribution in [2.45, 2.75) is 51.0 Å². The monoisotopic (exact) mass is 300 g/mol. The van der Waals surface area contributed by atoms with Gasteiger partial charge >= 0.3 is 0 Å². The van der Waals surface area contributed by atoms with Crippen molar-refractivity contribution in [3.05, 3.63) is 24.2 Å². The first-order valence-electron chi connectivity index (χ1n) is 8.34. The summed E-state index contributed by atoms with van der Waals surface area (Å²) in [7, 11) is 0. The van der Waals surface area contributed by atoms with Gasteiger partial charge in [0.25, 0.3) is 0 Å². The van der Waals surface area contributed by atoms with E-state index in [1.807, 2.05) is 30.8 Å². The zero-order valence-electron chi connectivity index (χ0n) is 13.4. The van der Waals surface area contributed by atoms with Gasteiger partial charge in [-0.2, -0.15) is 5.10 Å². The molecule has 1 aliphatic heterocycles. The van der Waals surface area contributed by atoms with Gasteiger partial charge in [-0.05, 0) is 51.5 Å². The minimum atomic E-state index is -0.582. The molecule has 2 aromatic rings. The van der Waals surface area contributed by atoms with E-state index in [4.69, 9.17) is 5.10 Å². The predicted molar refractivity (Wildman–Crippen MR) is 86.2 cm³/mol. The van der Waals surface area contributed by atoms with E-state index in [2.05, 4.69) is 16.0 Å². The number of anilines is 1. The van der Waals surface area contributed by atoms with E-state index in [1.165, 1.54) is 18.5 Å². The Bertz CT molecular complexity index is 676. The van der Waals surface area contributed by atoms with Gasteiger partial charge in [0.1, 0.15) is 5.52 Å². The minimum Gasteiger partial charge on any atom is -0.390 e. The van der Waals surface area contributed by atoms with Crippen molar-refractivity contribution in [3.8, 4) is 0 Å². The Morgan fingerprint density at radius 3 is 2.55 bits per heavy atom. The number of hydrogen-bond acceptors (Lipinski definition) is 4. The zero-order valence-corrected chi connectivity index (χ0v) is 13.4. The second kappa shape index (κ2) is 4.95. The molecule has 5 nitrogen and oxygen atoms in total. The van der Waals surface area contributed by atoms with Crippen LogP contribution in [0.15, 0.2) is 18.5 Å². The van der Waals surface area contributed by atoms with Crippen molar-refractivity contribution in [2.24, 2.45) is 5.92 Å². The first-order valence-corrected chi connectivity index (χ1v) is 8.34. The fraction of sp³-hybridized carbons (Fsp3) is 0.647. The van der Waals surface area contributed by atoms with E-state index >= 15 is 0 Å². The summed E-state index contributed by atoms with van der Waals surface area (Å²) >= 11 is 0. The first kappa shape index (κ1) is 14.0. The highest BCUT2D eigenvalue weighted by Gasteiger charge is 2.32. The van der Waals surface area contributed by atoms with E-state index in [0.717, 1.165) is 37.3 Å². The fourth-order valence-corrected chi connectivity index (χ4v) is 3.55. The van der Waals surface area contributed by atoms with Crippen LogP contribution in [-0.2, 0) is 0 Å². The number of fused-ring (bicyclic) bond motifs is 1. The Hall–Kier alpha value is -1.62. The lowest BCUT2D eigenvalue weighted by Crippen LogP contribution is -2.42. The van der Waals surface area contributed by atoms with Crippen molar-refractivity contribution in [1.82, 2.24) is 14.6 Å². The molecule has 0 spiro atoms. The Balaban J connectivity index is 1.59. The molecule has 2 fully saturated rings. The van der Waals surface area contributed by atoms with Gasteiger partial charge < -0.3 is 10.0 Å². The quantitative estimate of drug-likeness (QED) is 0.946. The second-order valence-electron chi connectivity index (χ2n) is 7.34. The third-order valence-corrected chi connectivity index (χ3v) is 5.18. The predicted octanol–water partition coefficient (Wildman–Crippen LogP) is 2.59. The molecule has 2 aromatic heterocycles. The minimum absolute atomic E-state index is 0.371. The van der Waals surface area contributed by atoms with Gasteiger partial charge in [-0.15, -0.1) is 0 Å². The van der Waals surface area contributed by atoms with Crippen LogP contribution >= 0.6 is 0 Å². The summed E-state index contributed by atoms with van der Waals surface area (Å²) in [5, 5.41) is 14.9. The highest BCUT2D eigenvalue weighted by Crippen LogP contribution is 2.40. The van der Waals surface area contributed by atoms with Crippen LogP contribution in [0.2, 0.25) is 0 Å². The summed E-state index contributed by atoms with van der Waals surface area (Å²) in [6.07, 6.45) is 8.33. The maximum atomic E-state index is 10.2. The molecule has 1 N–H and O–H groups in total. The third kappa shape index (κ3) is 2.47. The lowest BCUT2D eigenvalue weighted by Gasteiger charge is -2.38. The Morgan fingerprint density at radius 1 is 1.18 bits per heavy atom. The van der Waals surface area contributed by atoms with Gasteiger partial charge in [-0.3, -0.25) is 0 Å². The first-order chi connectivity index (χ1) is 10.5. The van der Waals surface area contributed by atoms with Crippen LogP contribution < -0.4 is 4.90 Å². The molecule has 1 aliphatic carbocycles. The number of aliphatic hydroxyl groups is 1. The molecule has 0 unspecified atom stereocenters.